The third-order valence-electron chi connectivity index (χ3n) is 5.08. The molecule has 0 unspecified atom stereocenters. The summed E-state index contributed by atoms with van der Waals surface area (Å²) in [6.07, 6.45) is -2.85. The van der Waals surface area contributed by atoms with Crippen LogP contribution in [0.2, 0.25) is 0 Å². The molecule has 3 N–H and O–H groups in total. The minimum atomic E-state index is -4.84. The van der Waals surface area contributed by atoms with Crippen LogP contribution >= 0.6 is 0 Å². The lowest BCUT2D eigenvalue weighted by atomic mass is 10.1. The van der Waals surface area contributed by atoms with Gasteiger partial charge in [0, 0.05) is 25.2 Å². The van der Waals surface area contributed by atoms with Crippen LogP contribution in [0.15, 0.2) is 48.7 Å². The Morgan fingerprint density at radius 3 is 2.56 bits per heavy atom. The zero-order valence-corrected chi connectivity index (χ0v) is 17.7. The van der Waals surface area contributed by atoms with E-state index in [0.29, 0.717) is 36.2 Å². The number of hydrogen-bond acceptors (Lipinski definition) is 5. The molecule has 7 nitrogen and oxygen atoms in total. The van der Waals surface area contributed by atoms with Gasteiger partial charge >= 0.3 is 6.18 Å². The number of anilines is 3. The first-order chi connectivity index (χ1) is 16.2. The number of para-hydroxylation sites is 1. The summed E-state index contributed by atoms with van der Waals surface area (Å²) < 4.78 is 58.6. The molecule has 34 heavy (non-hydrogen) atoms. The Labute approximate surface area is 191 Å². The van der Waals surface area contributed by atoms with Gasteiger partial charge in [0.05, 0.1) is 29.1 Å². The van der Waals surface area contributed by atoms with Gasteiger partial charge in [0.15, 0.2) is 5.82 Å². The van der Waals surface area contributed by atoms with Crippen LogP contribution in [0.25, 0.3) is 0 Å². The van der Waals surface area contributed by atoms with E-state index in [1.165, 1.54) is 19.3 Å². The fourth-order valence-electron chi connectivity index (χ4n) is 3.45. The summed E-state index contributed by atoms with van der Waals surface area (Å²) in [4.78, 5) is 29.0. The molecule has 1 aromatic heterocycles. The molecule has 4 rings (SSSR count). The van der Waals surface area contributed by atoms with E-state index in [0.717, 1.165) is 12.0 Å². The molecule has 1 aliphatic rings. The second-order valence-corrected chi connectivity index (χ2v) is 7.40. The average Bonchev–Trinajstić information content (AvgIpc) is 3.28. The first kappa shape index (κ1) is 23.0. The summed E-state index contributed by atoms with van der Waals surface area (Å²) in [5.74, 6) is -2.01. The second-order valence-electron chi connectivity index (χ2n) is 7.40. The molecule has 0 saturated carbocycles. The molecule has 2 heterocycles. The maximum Gasteiger partial charge on any atom is 0.416 e. The number of halogens is 4. The number of hydrogen-bond donors (Lipinski definition) is 3. The Bertz CT molecular complexity index is 1280. The monoisotopic (exact) mass is 474 g/mol. The molecule has 0 aliphatic carbocycles. The molecular formula is C23H18F4N4O3. The minimum absolute atomic E-state index is 0.000445. The van der Waals surface area contributed by atoms with Crippen LogP contribution in [0.1, 0.15) is 31.8 Å². The number of amides is 2. The smallest absolute Gasteiger partial charge is 0.416 e. The minimum Gasteiger partial charge on any atom is -0.491 e. The Hall–Kier alpha value is -4.15. The van der Waals surface area contributed by atoms with Gasteiger partial charge < -0.3 is 20.7 Å². The molecule has 3 aromatic rings. The third-order valence-corrected chi connectivity index (χ3v) is 5.08. The van der Waals surface area contributed by atoms with E-state index >= 15 is 0 Å². The van der Waals surface area contributed by atoms with Crippen LogP contribution in [-0.2, 0) is 12.6 Å². The summed E-state index contributed by atoms with van der Waals surface area (Å²) in [5.41, 5.74) is -0.238. The molecule has 0 radical (unpaired) electrons. The highest BCUT2D eigenvalue weighted by Crippen LogP contribution is 2.37. The number of benzene rings is 2. The Morgan fingerprint density at radius 1 is 1.03 bits per heavy atom. The van der Waals surface area contributed by atoms with Crippen molar-refractivity contribution in [3.8, 4) is 5.75 Å². The first-order valence-corrected chi connectivity index (χ1v) is 10.1. The van der Waals surface area contributed by atoms with Gasteiger partial charge in [0.25, 0.3) is 11.8 Å². The summed E-state index contributed by atoms with van der Waals surface area (Å²) in [6.45, 7) is 0.502. The number of aromatic nitrogens is 1. The lowest BCUT2D eigenvalue weighted by Gasteiger charge is -2.16. The highest BCUT2D eigenvalue weighted by molar-refractivity contribution is 6.07. The molecule has 1 aliphatic heterocycles. The van der Waals surface area contributed by atoms with Gasteiger partial charge in [-0.25, -0.2) is 9.37 Å². The quantitative estimate of drug-likeness (QED) is 0.473. The SMILES string of the molecule is CNC(=O)c1cnc(Nc2cccc3c2OCC3)c(NC(=O)c2cc(F)cc(C(F)(F)F)c2)c1. The number of ether oxygens (including phenoxy) is 1. The number of nitrogens with zero attached hydrogens (tertiary/aromatic N) is 1. The number of nitrogens with one attached hydrogen (secondary N) is 3. The highest BCUT2D eigenvalue weighted by Gasteiger charge is 2.32. The van der Waals surface area contributed by atoms with Crippen molar-refractivity contribution in [3.63, 3.8) is 0 Å². The first-order valence-electron chi connectivity index (χ1n) is 10.1. The molecule has 11 heteroatoms. The zero-order valence-electron chi connectivity index (χ0n) is 17.7. The van der Waals surface area contributed by atoms with E-state index < -0.39 is 34.9 Å². The lowest BCUT2D eigenvalue weighted by Crippen LogP contribution is -2.20. The maximum absolute atomic E-state index is 13.8. The van der Waals surface area contributed by atoms with Crippen molar-refractivity contribution in [1.29, 1.82) is 0 Å². The number of fused-ring (bicyclic) bond motifs is 1. The van der Waals surface area contributed by atoms with Gasteiger partial charge in [0.2, 0.25) is 0 Å². The predicted molar refractivity (Wildman–Crippen MR) is 116 cm³/mol. The van der Waals surface area contributed by atoms with Gasteiger partial charge in [-0.05, 0) is 35.9 Å². The van der Waals surface area contributed by atoms with E-state index in [1.807, 2.05) is 6.07 Å². The fourth-order valence-corrected chi connectivity index (χ4v) is 3.45. The molecule has 0 bridgehead atoms. The average molecular weight is 474 g/mol. The molecule has 0 spiro atoms. The van der Waals surface area contributed by atoms with Crippen LogP contribution in [0.3, 0.4) is 0 Å². The molecule has 0 atom stereocenters. The van der Waals surface area contributed by atoms with Gasteiger partial charge in [-0.2, -0.15) is 13.2 Å². The topological polar surface area (TPSA) is 92.3 Å². The van der Waals surface area contributed by atoms with E-state index in [-0.39, 0.29) is 17.1 Å². The van der Waals surface area contributed by atoms with Gasteiger partial charge in [0.1, 0.15) is 11.6 Å². The summed E-state index contributed by atoms with van der Waals surface area (Å²) in [6, 6.07) is 8.27. The molecule has 2 aromatic carbocycles. The predicted octanol–water partition coefficient (Wildman–Crippen LogP) is 4.53. The lowest BCUT2D eigenvalue weighted by molar-refractivity contribution is -0.137. The van der Waals surface area contributed by atoms with E-state index in [9.17, 15) is 27.2 Å². The Morgan fingerprint density at radius 2 is 1.82 bits per heavy atom. The maximum atomic E-state index is 13.8. The summed E-state index contributed by atoms with van der Waals surface area (Å²) in [5, 5.41) is 7.87. The van der Waals surface area contributed by atoms with Crippen LogP contribution in [0.4, 0.5) is 34.8 Å². The van der Waals surface area contributed by atoms with Crippen molar-refractivity contribution < 1.29 is 31.9 Å². The van der Waals surface area contributed by atoms with Gasteiger partial charge in [-0.15, -0.1) is 0 Å². The Kier molecular flexibility index (Phi) is 6.10. The normalized spacial score (nSPS) is 12.5. The second kappa shape index (κ2) is 9.00. The number of carbonyl (C=O) groups excluding carboxylic acids is 2. The van der Waals surface area contributed by atoms with Crippen LogP contribution < -0.4 is 20.7 Å². The van der Waals surface area contributed by atoms with E-state index in [4.69, 9.17) is 4.74 Å². The van der Waals surface area contributed by atoms with Crippen molar-refractivity contribution in [3.05, 3.63) is 76.7 Å². The van der Waals surface area contributed by atoms with Crippen molar-refractivity contribution in [1.82, 2.24) is 10.3 Å². The van der Waals surface area contributed by atoms with E-state index in [1.54, 1.807) is 12.1 Å². The largest absolute Gasteiger partial charge is 0.491 e. The molecule has 0 saturated heterocycles. The number of pyridine rings is 1. The summed E-state index contributed by atoms with van der Waals surface area (Å²) in [7, 11) is 1.41. The van der Waals surface area contributed by atoms with Crippen molar-refractivity contribution >= 4 is 29.0 Å². The van der Waals surface area contributed by atoms with Crippen molar-refractivity contribution in [2.24, 2.45) is 0 Å². The molecule has 0 fully saturated rings. The van der Waals surface area contributed by atoms with Crippen LogP contribution in [-0.4, -0.2) is 30.5 Å². The number of carbonyl (C=O) groups is 2. The van der Waals surface area contributed by atoms with E-state index in [2.05, 4.69) is 20.9 Å². The standard InChI is InChI=1S/C23H18F4N4O3/c1-28-21(32)14-9-18(31-22(33)13-7-15(23(25,26)27)10-16(24)8-13)20(29-11-14)30-17-4-2-3-12-5-6-34-19(12)17/h2-4,7-11H,5-6H2,1H3,(H,28,32)(H,29,30)(H,31,33). The third kappa shape index (κ3) is 4.77. The number of rotatable bonds is 5. The molecule has 2 amide bonds. The molecule has 176 valence electrons. The van der Waals surface area contributed by atoms with Crippen LogP contribution in [0.5, 0.6) is 5.75 Å². The van der Waals surface area contributed by atoms with Crippen molar-refractivity contribution in [2.45, 2.75) is 12.6 Å². The van der Waals surface area contributed by atoms with Crippen molar-refractivity contribution in [2.75, 3.05) is 24.3 Å². The fraction of sp³-hybridized carbons (Fsp3) is 0.174. The van der Waals surface area contributed by atoms with Gasteiger partial charge in [-0.1, -0.05) is 12.1 Å². The number of alkyl halides is 3. The highest BCUT2D eigenvalue weighted by atomic mass is 19.4. The van der Waals surface area contributed by atoms with Crippen LogP contribution in [0, 0.1) is 5.82 Å². The zero-order chi connectivity index (χ0) is 24.5. The summed E-state index contributed by atoms with van der Waals surface area (Å²) >= 11 is 0. The molecular weight excluding hydrogens is 456 g/mol. The van der Waals surface area contributed by atoms with Gasteiger partial charge in [-0.3, -0.25) is 9.59 Å². The Balaban J connectivity index is 1.70.